The Balaban J connectivity index is 1.97. The number of amides is 1. The molecule has 0 aromatic heterocycles. The van der Waals surface area contributed by atoms with Crippen molar-refractivity contribution in [2.45, 2.75) is 31.8 Å². The molecule has 1 fully saturated rings. The van der Waals surface area contributed by atoms with E-state index in [0.29, 0.717) is 26.4 Å². The number of rotatable bonds is 7. The first-order valence-corrected chi connectivity index (χ1v) is 5.92. The number of carbonyl (C=O) groups excluding carboxylic acids is 1. The second kappa shape index (κ2) is 8.50. The molecular weight excluding hydrogens is 210 g/mol. The van der Waals surface area contributed by atoms with Gasteiger partial charge in [0.05, 0.1) is 13.2 Å². The maximum atomic E-state index is 11.6. The molecule has 0 aliphatic carbocycles. The molecule has 2 N–H and O–H groups in total. The molecule has 1 unspecified atom stereocenters. The molecule has 16 heavy (non-hydrogen) atoms. The summed E-state index contributed by atoms with van der Waals surface area (Å²) in [6, 6.07) is 0. The van der Waals surface area contributed by atoms with E-state index < -0.39 is 0 Å². The topological polar surface area (TPSA) is 67.8 Å². The maximum Gasteiger partial charge on any atom is 0.249 e. The zero-order valence-electron chi connectivity index (χ0n) is 9.61. The molecule has 1 aliphatic rings. The summed E-state index contributed by atoms with van der Waals surface area (Å²) < 4.78 is 10.4. The number of ether oxygens (including phenoxy) is 2. The van der Waals surface area contributed by atoms with Gasteiger partial charge in [-0.3, -0.25) is 4.79 Å². The third-order valence-corrected chi connectivity index (χ3v) is 2.47. The van der Waals surface area contributed by atoms with Gasteiger partial charge in [0.25, 0.3) is 0 Å². The van der Waals surface area contributed by atoms with E-state index in [1.54, 1.807) is 0 Å². The van der Waals surface area contributed by atoms with Crippen LogP contribution in [0.4, 0.5) is 0 Å². The van der Waals surface area contributed by atoms with E-state index in [0.717, 1.165) is 25.7 Å². The summed E-state index contributed by atoms with van der Waals surface area (Å²) in [5, 5.41) is 11.3. The van der Waals surface area contributed by atoms with Gasteiger partial charge >= 0.3 is 0 Å². The van der Waals surface area contributed by atoms with Gasteiger partial charge in [0.2, 0.25) is 5.91 Å². The molecule has 94 valence electrons. The van der Waals surface area contributed by atoms with Crippen LogP contribution < -0.4 is 5.32 Å². The van der Waals surface area contributed by atoms with Crippen molar-refractivity contribution < 1.29 is 19.4 Å². The lowest BCUT2D eigenvalue weighted by Gasteiger charge is -2.21. The molecule has 0 radical (unpaired) electrons. The third kappa shape index (κ3) is 5.44. The standard InChI is InChI=1S/C11H21NO4/c13-6-9-15-7-3-5-12-11(14)10-4-1-2-8-16-10/h10,13H,1-9H2,(H,12,14). The van der Waals surface area contributed by atoms with Gasteiger partial charge in [-0.15, -0.1) is 0 Å². The maximum absolute atomic E-state index is 11.6. The fraction of sp³-hybridized carbons (Fsp3) is 0.909. The quantitative estimate of drug-likeness (QED) is 0.608. The van der Waals surface area contributed by atoms with Crippen molar-refractivity contribution in [3.63, 3.8) is 0 Å². The lowest BCUT2D eigenvalue weighted by Crippen LogP contribution is -2.39. The van der Waals surface area contributed by atoms with E-state index in [1.165, 1.54) is 0 Å². The zero-order chi connectivity index (χ0) is 11.6. The Labute approximate surface area is 96.1 Å². The third-order valence-electron chi connectivity index (χ3n) is 2.47. The van der Waals surface area contributed by atoms with Crippen LogP contribution in [0, 0.1) is 0 Å². The Morgan fingerprint density at radius 2 is 2.31 bits per heavy atom. The molecule has 0 saturated carbocycles. The summed E-state index contributed by atoms with van der Waals surface area (Å²) in [5.74, 6) is -0.0122. The molecule has 0 bridgehead atoms. The van der Waals surface area contributed by atoms with Crippen molar-refractivity contribution in [3.05, 3.63) is 0 Å². The minimum Gasteiger partial charge on any atom is -0.394 e. The van der Waals surface area contributed by atoms with Gasteiger partial charge in [-0.1, -0.05) is 0 Å². The highest BCUT2D eigenvalue weighted by molar-refractivity contribution is 5.80. The molecule has 5 nitrogen and oxygen atoms in total. The van der Waals surface area contributed by atoms with E-state index in [-0.39, 0.29) is 18.6 Å². The number of aliphatic hydroxyl groups excluding tert-OH is 1. The van der Waals surface area contributed by atoms with Crippen molar-refractivity contribution in [3.8, 4) is 0 Å². The molecule has 1 atom stereocenters. The first-order chi connectivity index (χ1) is 7.84. The van der Waals surface area contributed by atoms with Gasteiger partial charge in [-0.2, -0.15) is 0 Å². The van der Waals surface area contributed by atoms with Crippen molar-refractivity contribution in [2.75, 3.05) is 33.0 Å². The Hall–Kier alpha value is -0.650. The number of hydrogen-bond donors (Lipinski definition) is 2. The fourth-order valence-corrected chi connectivity index (χ4v) is 1.61. The zero-order valence-corrected chi connectivity index (χ0v) is 9.61. The highest BCUT2D eigenvalue weighted by Crippen LogP contribution is 2.12. The summed E-state index contributed by atoms with van der Waals surface area (Å²) >= 11 is 0. The van der Waals surface area contributed by atoms with Gasteiger partial charge in [-0.25, -0.2) is 0 Å². The summed E-state index contributed by atoms with van der Waals surface area (Å²) in [6.07, 6.45) is 3.45. The molecule has 0 aromatic carbocycles. The van der Waals surface area contributed by atoms with Crippen LogP contribution in [-0.2, 0) is 14.3 Å². The average molecular weight is 231 g/mol. The van der Waals surface area contributed by atoms with Crippen LogP contribution in [0.3, 0.4) is 0 Å². The lowest BCUT2D eigenvalue weighted by atomic mass is 10.1. The smallest absolute Gasteiger partial charge is 0.249 e. The molecule has 1 rings (SSSR count). The van der Waals surface area contributed by atoms with Gasteiger partial charge < -0.3 is 19.9 Å². The average Bonchev–Trinajstić information content (AvgIpc) is 2.34. The molecule has 1 aliphatic heterocycles. The van der Waals surface area contributed by atoms with Crippen LogP contribution in [-0.4, -0.2) is 50.1 Å². The van der Waals surface area contributed by atoms with Crippen LogP contribution in [0.15, 0.2) is 0 Å². The van der Waals surface area contributed by atoms with Gasteiger partial charge in [0.15, 0.2) is 0 Å². The number of aliphatic hydroxyl groups is 1. The van der Waals surface area contributed by atoms with E-state index in [4.69, 9.17) is 14.6 Å². The van der Waals surface area contributed by atoms with Crippen molar-refractivity contribution in [1.82, 2.24) is 5.32 Å². The number of carbonyl (C=O) groups is 1. The Morgan fingerprint density at radius 1 is 1.44 bits per heavy atom. The molecular formula is C11H21NO4. The first-order valence-electron chi connectivity index (χ1n) is 5.92. The van der Waals surface area contributed by atoms with E-state index in [9.17, 15) is 4.79 Å². The molecule has 1 saturated heterocycles. The highest BCUT2D eigenvalue weighted by Gasteiger charge is 2.20. The second-order valence-corrected chi connectivity index (χ2v) is 3.84. The van der Waals surface area contributed by atoms with Gasteiger partial charge in [-0.05, 0) is 25.7 Å². The molecule has 1 amide bonds. The second-order valence-electron chi connectivity index (χ2n) is 3.84. The Bertz CT molecular complexity index is 192. The minimum atomic E-state index is -0.257. The summed E-state index contributed by atoms with van der Waals surface area (Å²) in [4.78, 5) is 11.6. The normalized spacial score (nSPS) is 20.7. The predicted molar refractivity (Wildman–Crippen MR) is 59.1 cm³/mol. The van der Waals surface area contributed by atoms with Gasteiger partial charge in [0.1, 0.15) is 6.10 Å². The van der Waals surface area contributed by atoms with Crippen LogP contribution in [0.5, 0.6) is 0 Å². The van der Waals surface area contributed by atoms with Crippen molar-refractivity contribution in [2.24, 2.45) is 0 Å². The van der Waals surface area contributed by atoms with Crippen LogP contribution in [0.25, 0.3) is 0 Å². The number of nitrogens with one attached hydrogen (secondary N) is 1. The monoisotopic (exact) mass is 231 g/mol. The van der Waals surface area contributed by atoms with Crippen molar-refractivity contribution in [1.29, 1.82) is 0 Å². The van der Waals surface area contributed by atoms with E-state index in [1.807, 2.05) is 0 Å². The summed E-state index contributed by atoms with van der Waals surface area (Å²) in [6.45, 7) is 2.26. The summed E-state index contributed by atoms with van der Waals surface area (Å²) in [5.41, 5.74) is 0. The SMILES string of the molecule is O=C(NCCCOCCO)C1CCCCO1. The first kappa shape index (κ1) is 13.4. The van der Waals surface area contributed by atoms with Crippen LogP contribution in [0.2, 0.25) is 0 Å². The highest BCUT2D eigenvalue weighted by atomic mass is 16.5. The van der Waals surface area contributed by atoms with Gasteiger partial charge in [0, 0.05) is 19.8 Å². The number of hydrogen-bond acceptors (Lipinski definition) is 4. The molecule has 0 aromatic rings. The van der Waals surface area contributed by atoms with Crippen LogP contribution in [0.1, 0.15) is 25.7 Å². The molecule has 1 heterocycles. The largest absolute Gasteiger partial charge is 0.394 e. The summed E-state index contributed by atoms with van der Waals surface area (Å²) in [7, 11) is 0. The van der Waals surface area contributed by atoms with E-state index >= 15 is 0 Å². The van der Waals surface area contributed by atoms with Crippen LogP contribution >= 0.6 is 0 Å². The predicted octanol–water partition coefficient (Wildman–Crippen LogP) is 0.0707. The van der Waals surface area contributed by atoms with Crippen molar-refractivity contribution >= 4 is 5.91 Å². The molecule has 0 spiro atoms. The minimum absolute atomic E-state index is 0.0122. The Morgan fingerprint density at radius 3 is 3.00 bits per heavy atom. The van der Waals surface area contributed by atoms with E-state index in [2.05, 4.69) is 5.32 Å². The lowest BCUT2D eigenvalue weighted by molar-refractivity contribution is -0.135. The Kier molecular flexibility index (Phi) is 7.12. The molecule has 5 heteroatoms. The fourth-order valence-electron chi connectivity index (χ4n) is 1.61.